The molecule has 0 bridgehead atoms. The molecule has 0 saturated heterocycles. The van der Waals surface area contributed by atoms with Crippen molar-refractivity contribution >= 4 is 34.0 Å². The van der Waals surface area contributed by atoms with Crippen LogP contribution in [0.3, 0.4) is 0 Å². The van der Waals surface area contributed by atoms with Crippen LogP contribution < -0.4 is 0 Å². The summed E-state index contributed by atoms with van der Waals surface area (Å²) < 4.78 is 2.80. The molecule has 2 aromatic rings. The highest BCUT2D eigenvalue weighted by molar-refractivity contribution is 9.10. The van der Waals surface area contributed by atoms with E-state index in [0.29, 0.717) is 5.56 Å². The average molecular weight is 312 g/mol. The topological polar surface area (TPSA) is 47.8 Å². The minimum Gasteiger partial charge on any atom is -0.309 e. The summed E-state index contributed by atoms with van der Waals surface area (Å²) in [4.78, 5) is 11.6. The number of nitrogens with zero attached hydrogens (tertiary/aromatic N) is 3. The fraction of sp³-hybridized carbons (Fsp3) is 0.182. The number of halogens is 1. The van der Waals surface area contributed by atoms with Crippen LogP contribution in [0.25, 0.3) is 0 Å². The predicted octanol–water partition coefficient (Wildman–Crippen LogP) is 2.85. The molecular weight excluding hydrogens is 302 g/mol. The van der Waals surface area contributed by atoms with Crippen molar-refractivity contribution in [3.63, 3.8) is 0 Å². The smallest absolute Gasteiger partial charge is 0.195 e. The second kappa shape index (κ2) is 5.01. The Bertz CT molecular complexity index is 568. The van der Waals surface area contributed by atoms with Crippen molar-refractivity contribution in [3.8, 4) is 0 Å². The maximum Gasteiger partial charge on any atom is 0.195 e. The number of aromatic nitrogens is 3. The molecule has 4 nitrogen and oxygen atoms in total. The monoisotopic (exact) mass is 311 g/mol. The summed E-state index contributed by atoms with van der Waals surface area (Å²) in [6, 6.07) is 5.46. The molecule has 0 saturated carbocycles. The molecule has 17 heavy (non-hydrogen) atoms. The Morgan fingerprint density at radius 2 is 2.18 bits per heavy atom. The van der Waals surface area contributed by atoms with E-state index in [1.54, 1.807) is 12.1 Å². The van der Waals surface area contributed by atoms with Crippen LogP contribution in [0.1, 0.15) is 16.2 Å². The van der Waals surface area contributed by atoms with Gasteiger partial charge in [-0.05, 0) is 46.7 Å². The first-order chi connectivity index (χ1) is 8.11. The van der Waals surface area contributed by atoms with Crippen LogP contribution in [0.4, 0.5) is 0 Å². The lowest BCUT2D eigenvalue weighted by Crippen LogP contribution is -1.93. The molecule has 0 amide bonds. The number of carbonyl (C=O) groups excluding carboxylic acids is 1. The molecule has 0 spiro atoms. The Balaban J connectivity index is 2.30. The number of carbonyl (C=O) groups is 1. The second-order valence-electron chi connectivity index (χ2n) is 3.50. The summed E-state index contributed by atoms with van der Waals surface area (Å²) in [5.41, 5.74) is 0.648. The zero-order valence-electron chi connectivity index (χ0n) is 9.35. The molecule has 2 rings (SSSR count). The van der Waals surface area contributed by atoms with Gasteiger partial charge in [0.2, 0.25) is 0 Å². The molecule has 0 aliphatic carbocycles. The number of hydrogen-bond donors (Lipinski definition) is 0. The van der Waals surface area contributed by atoms with Crippen LogP contribution in [0.5, 0.6) is 0 Å². The first kappa shape index (κ1) is 12.3. The van der Waals surface area contributed by atoms with E-state index in [9.17, 15) is 4.79 Å². The third-order valence-corrected chi connectivity index (χ3v) is 4.38. The molecule has 0 atom stereocenters. The highest BCUT2D eigenvalue weighted by Crippen LogP contribution is 2.32. The standard InChI is InChI=1S/C11H10BrN3OS/c1-7-13-14-11(15(7)2)17-10-4-3-8(6-16)5-9(10)12/h3-6H,1-2H3. The Morgan fingerprint density at radius 3 is 2.71 bits per heavy atom. The Hall–Kier alpha value is -1.14. The van der Waals surface area contributed by atoms with Crippen molar-refractivity contribution in [1.82, 2.24) is 14.8 Å². The fourth-order valence-corrected chi connectivity index (χ4v) is 2.73. The fourth-order valence-electron chi connectivity index (χ4n) is 1.25. The van der Waals surface area contributed by atoms with Gasteiger partial charge in [0.1, 0.15) is 12.1 Å². The van der Waals surface area contributed by atoms with Gasteiger partial charge in [-0.25, -0.2) is 0 Å². The lowest BCUT2D eigenvalue weighted by molar-refractivity contribution is 0.112. The first-order valence-electron chi connectivity index (χ1n) is 4.90. The third kappa shape index (κ3) is 2.58. The van der Waals surface area contributed by atoms with Gasteiger partial charge >= 0.3 is 0 Å². The summed E-state index contributed by atoms with van der Waals surface area (Å²) in [7, 11) is 1.92. The van der Waals surface area contributed by atoms with Gasteiger partial charge in [-0.15, -0.1) is 10.2 Å². The minimum absolute atomic E-state index is 0.648. The van der Waals surface area contributed by atoms with Gasteiger partial charge in [0, 0.05) is 22.0 Å². The van der Waals surface area contributed by atoms with Crippen molar-refractivity contribution in [2.24, 2.45) is 7.05 Å². The highest BCUT2D eigenvalue weighted by Gasteiger charge is 2.09. The molecule has 0 fully saturated rings. The summed E-state index contributed by atoms with van der Waals surface area (Å²) in [6.45, 7) is 1.90. The molecule has 0 radical (unpaired) electrons. The van der Waals surface area contributed by atoms with Crippen LogP contribution in [-0.2, 0) is 7.05 Å². The van der Waals surface area contributed by atoms with Crippen LogP contribution in [0.15, 0.2) is 32.7 Å². The van der Waals surface area contributed by atoms with Crippen molar-refractivity contribution in [3.05, 3.63) is 34.1 Å². The van der Waals surface area contributed by atoms with Gasteiger partial charge in [-0.2, -0.15) is 0 Å². The number of aldehydes is 1. The van der Waals surface area contributed by atoms with E-state index >= 15 is 0 Å². The van der Waals surface area contributed by atoms with Crippen LogP contribution >= 0.6 is 27.7 Å². The molecule has 1 aromatic heterocycles. The number of rotatable bonds is 3. The quantitative estimate of drug-likeness (QED) is 0.818. The maximum atomic E-state index is 10.6. The van der Waals surface area contributed by atoms with Crippen molar-refractivity contribution in [2.75, 3.05) is 0 Å². The minimum atomic E-state index is 0.648. The zero-order chi connectivity index (χ0) is 12.4. The van der Waals surface area contributed by atoms with Gasteiger partial charge in [0.25, 0.3) is 0 Å². The lowest BCUT2D eigenvalue weighted by Gasteiger charge is -2.04. The van der Waals surface area contributed by atoms with E-state index in [1.807, 2.05) is 24.6 Å². The van der Waals surface area contributed by atoms with Crippen molar-refractivity contribution in [2.45, 2.75) is 17.0 Å². The Labute approximate surface area is 112 Å². The molecule has 0 unspecified atom stereocenters. The number of benzene rings is 1. The molecule has 1 aromatic carbocycles. The summed E-state index contributed by atoms with van der Waals surface area (Å²) in [5.74, 6) is 0.869. The average Bonchev–Trinajstić information content (AvgIpc) is 2.63. The summed E-state index contributed by atoms with van der Waals surface area (Å²) in [6.07, 6.45) is 0.825. The largest absolute Gasteiger partial charge is 0.309 e. The van der Waals surface area contributed by atoms with Crippen LogP contribution in [0, 0.1) is 6.92 Å². The van der Waals surface area contributed by atoms with Gasteiger partial charge in [-0.3, -0.25) is 4.79 Å². The third-order valence-electron chi connectivity index (χ3n) is 2.35. The summed E-state index contributed by atoms with van der Waals surface area (Å²) in [5, 5.41) is 8.90. The number of aryl methyl sites for hydroxylation is 1. The molecule has 0 aliphatic rings. The zero-order valence-corrected chi connectivity index (χ0v) is 11.7. The normalized spacial score (nSPS) is 10.5. The Morgan fingerprint density at radius 1 is 1.41 bits per heavy atom. The van der Waals surface area contributed by atoms with Crippen molar-refractivity contribution < 1.29 is 4.79 Å². The van der Waals surface area contributed by atoms with Gasteiger partial charge in [0.05, 0.1) is 0 Å². The molecule has 6 heteroatoms. The highest BCUT2D eigenvalue weighted by atomic mass is 79.9. The van der Waals surface area contributed by atoms with Gasteiger partial charge in [0.15, 0.2) is 5.16 Å². The number of hydrogen-bond acceptors (Lipinski definition) is 4. The van der Waals surface area contributed by atoms with E-state index in [2.05, 4.69) is 26.1 Å². The molecule has 88 valence electrons. The van der Waals surface area contributed by atoms with E-state index in [4.69, 9.17) is 0 Å². The van der Waals surface area contributed by atoms with Gasteiger partial charge in [-0.1, -0.05) is 6.07 Å². The SMILES string of the molecule is Cc1nnc(Sc2ccc(C=O)cc2Br)n1C. The molecular formula is C11H10BrN3OS. The van der Waals surface area contributed by atoms with Crippen molar-refractivity contribution in [1.29, 1.82) is 0 Å². The molecule has 1 heterocycles. The van der Waals surface area contributed by atoms with E-state index in [1.165, 1.54) is 11.8 Å². The lowest BCUT2D eigenvalue weighted by atomic mass is 10.2. The van der Waals surface area contributed by atoms with Gasteiger partial charge < -0.3 is 4.57 Å². The second-order valence-corrected chi connectivity index (χ2v) is 5.36. The van der Waals surface area contributed by atoms with E-state index in [0.717, 1.165) is 26.6 Å². The molecule has 0 aliphatic heterocycles. The van der Waals surface area contributed by atoms with Crippen LogP contribution in [0.2, 0.25) is 0 Å². The van der Waals surface area contributed by atoms with E-state index in [-0.39, 0.29) is 0 Å². The summed E-state index contributed by atoms with van der Waals surface area (Å²) >= 11 is 4.95. The Kier molecular flexibility index (Phi) is 3.63. The molecule has 0 N–H and O–H groups in total. The maximum absolute atomic E-state index is 10.6. The van der Waals surface area contributed by atoms with E-state index < -0.39 is 0 Å². The predicted molar refractivity (Wildman–Crippen MR) is 69.4 cm³/mol. The first-order valence-corrected chi connectivity index (χ1v) is 6.51. The van der Waals surface area contributed by atoms with Crippen LogP contribution in [-0.4, -0.2) is 21.1 Å².